The molecular formula is C18H20Cl2N2O2S. The first-order valence-electron chi connectivity index (χ1n) is 8.22. The molecule has 0 bridgehead atoms. The Balaban J connectivity index is 1.67. The van der Waals surface area contributed by atoms with Crippen LogP contribution in [0.25, 0.3) is 0 Å². The lowest BCUT2D eigenvalue weighted by atomic mass is 10.2. The molecule has 2 heterocycles. The van der Waals surface area contributed by atoms with Gasteiger partial charge in [-0.25, -0.2) is 0 Å². The highest BCUT2D eigenvalue weighted by atomic mass is 35.5. The van der Waals surface area contributed by atoms with Gasteiger partial charge in [-0.15, -0.1) is 0 Å². The molecular weight excluding hydrogens is 379 g/mol. The Labute approximate surface area is 163 Å². The van der Waals surface area contributed by atoms with Gasteiger partial charge in [0, 0.05) is 19.7 Å². The van der Waals surface area contributed by atoms with E-state index >= 15 is 0 Å². The molecule has 1 unspecified atom stereocenters. The number of benzene rings is 1. The Bertz CT molecular complexity index is 703. The summed E-state index contributed by atoms with van der Waals surface area (Å²) < 4.78 is 11.1. The minimum absolute atomic E-state index is 0.230. The van der Waals surface area contributed by atoms with Crippen molar-refractivity contribution in [3.8, 4) is 0 Å². The summed E-state index contributed by atoms with van der Waals surface area (Å²) in [7, 11) is 0. The Morgan fingerprint density at radius 1 is 1.24 bits per heavy atom. The first-order chi connectivity index (χ1) is 12.1. The van der Waals surface area contributed by atoms with E-state index in [0.29, 0.717) is 28.2 Å². The predicted octanol–water partition coefficient (Wildman–Crippen LogP) is 4.64. The molecule has 0 amide bonds. The highest BCUT2D eigenvalue weighted by Crippen LogP contribution is 2.23. The lowest BCUT2D eigenvalue weighted by Crippen LogP contribution is -2.41. The van der Waals surface area contributed by atoms with Crippen molar-refractivity contribution in [2.45, 2.75) is 32.0 Å². The van der Waals surface area contributed by atoms with Gasteiger partial charge in [0.15, 0.2) is 5.11 Å². The molecule has 1 aromatic heterocycles. The van der Waals surface area contributed by atoms with Crippen LogP contribution in [0.5, 0.6) is 0 Å². The number of hydrogen-bond acceptors (Lipinski definition) is 3. The fourth-order valence-electron chi connectivity index (χ4n) is 2.77. The van der Waals surface area contributed by atoms with Gasteiger partial charge in [0.1, 0.15) is 5.76 Å². The number of furan rings is 1. The van der Waals surface area contributed by atoms with Crippen LogP contribution in [0.2, 0.25) is 10.0 Å². The molecule has 0 radical (unpaired) electrons. The molecule has 1 fully saturated rings. The molecule has 1 aliphatic heterocycles. The van der Waals surface area contributed by atoms with Crippen molar-refractivity contribution >= 4 is 40.5 Å². The molecule has 1 atom stereocenters. The fraction of sp³-hybridized carbons (Fsp3) is 0.389. The van der Waals surface area contributed by atoms with Crippen LogP contribution < -0.4 is 5.32 Å². The van der Waals surface area contributed by atoms with E-state index in [9.17, 15) is 0 Å². The van der Waals surface area contributed by atoms with Crippen LogP contribution in [0.3, 0.4) is 0 Å². The number of hydrogen-bond donors (Lipinski definition) is 1. The molecule has 0 spiro atoms. The number of ether oxygens (including phenoxy) is 1. The summed E-state index contributed by atoms with van der Waals surface area (Å²) in [5.74, 6) is 0.848. The van der Waals surface area contributed by atoms with Crippen LogP contribution in [0.1, 0.15) is 24.2 Å². The summed E-state index contributed by atoms with van der Waals surface area (Å²) in [5.41, 5.74) is 1.03. The first-order valence-corrected chi connectivity index (χ1v) is 9.39. The van der Waals surface area contributed by atoms with Gasteiger partial charge in [-0.3, -0.25) is 0 Å². The smallest absolute Gasteiger partial charge is 0.169 e. The zero-order valence-corrected chi connectivity index (χ0v) is 16.0. The second-order valence-corrected chi connectivity index (χ2v) is 7.21. The molecule has 4 nitrogen and oxygen atoms in total. The number of nitrogens with zero attached hydrogens (tertiary/aromatic N) is 1. The number of halogens is 2. The van der Waals surface area contributed by atoms with Crippen molar-refractivity contribution in [2.24, 2.45) is 0 Å². The number of thiocarbonyl (C=S) groups is 1. The molecule has 134 valence electrons. The molecule has 7 heteroatoms. The minimum Gasteiger partial charge on any atom is -0.467 e. The average molecular weight is 399 g/mol. The second kappa shape index (κ2) is 8.90. The van der Waals surface area contributed by atoms with Crippen molar-refractivity contribution in [3.63, 3.8) is 0 Å². The third-order valence-corrected chi connectivity index (χ3v) is 5.22. The maximum atomic E-state index is 6.13. The maximum Gasteiger partial charge on any atom is 0.169 e. The van der Waals surface area contributed by atoms with Crippen molar-refractivity contribution < 1.29 is 9.15 Å². The van der Waals surface area contributed by atoms with E-state index in [2.05, 4.69) is 5.32 Å². The van der Waals surface area contributed by atoms with E-state index in [1.165, 1.54) is 0 Å². The predicted molar refractivity (Wildman–Crippen MR) is 104 cm³/mol. The number of rotatable bonds is 6. The third kappa shape index (κ3) is 5.35. The summed E-state index contributed by atoms with van der Waals surface area (Å²) >= 11 is 17.7. The van der Waals surface area contributed by atoms with Crippen molar-refractivity contribution in [1.82, 2.24) is 10.2 Å². The Hall–Kier alpha value is -1.27. The molecule has 0 saturated carbocycles. The fourth-order valence-corrected chi connectivity index (χ4v) is 3.30. The van der Waals surface area contributed by atoms with Crippen molar-refractivity contribution in [1.29, 1.82) is 0 Å². The van der Waals surface area contributed by atoms with Gasteiger partial charge in [-0.1, -0.05) is 29.3 Å². The first kappa shape index (κ1) is 18.5. The summed E-state index contributed by atoms with van der Waals surface area (Å²) in [5, 5.41) is 5.06. The molecule has 1 N–H and O–H groups in total. The Kier molecular flexibility index (Phi) is 6.59. The Morgan fingerprint density at radius 3 is 2.80 bits per heavy atom. The van der Waals surface area contributed by atoms with E-state index in [1.807, 2.05) is 29.2 Å². The van der Waals surface area contributed by atoms with E-state index in [0.717, 1.165) is 37.3 Å². The molecule has 3 rings (SSSR count). The van der Waals surface area contributed by atoms with Crippen molar-refractivity contribution in [2.75, 3.05) is 13.2 Å². The molecule has 25 heavy (non-hydrogen) atoms. The van der Waals surface area contributed by atoms with E-state index in [4.69, 9.17) is 44.6 Å². The van der Waals surface area contributed by atoms with Crippen LogP contribution in [0, 0.1) is 0 Å². The molecule has 0 aliphatic carbocycles. The van der Waals surface area contributed by atoms with Gasteiger partial charge in [-0.05, 0) is 54.9 Å². The SMILES string of the molecule is S=C(NCC1CCCO1)N(Cc1ccc(Cl)c(Cl)c1)Cc1ccco1. The monoisotopic (exact) mass is 398 g/mol. The summed E-state index contributed by atoms with van der Waals surface area (Å²) in [4.78, 5) is 2.04. The topological polar surface area (TPSA) is 37.6 Å². The van der Waals surface area contributed by atoms with Crippen LogP contribution in [-0.2, 0) is 17.8 Å². The molecule has 1 aromatic carbocycles. The van der Waals surface area contributed by atoms with E-state index in [-0.39, 0.29) is 6.10 Å². The zero-order valence-electron chi connectivity index (χ0n) is 13.7. The molecule has 1 aliphatic rings. The van der Waals surface area contributed by atoms with Gasteiger partial charge in [0.2, 0.25) is 0 Å². The Morgan fingerprint density at radius 2 is 2.12 bits per heavy atom. The van der Waals surface area contributed by atoms with Crippen molar-refractivity contribution in [3.05, 3.63) is 58.0 Å². The zero-order chi connectivity index (χ0) is 17.6. The average Bonchev–Trinajstić information content (AvgIpc) is 3.29. The lowest BCUT2D eigenvalue weighted by molar-refractivity contribution is 0.113. The van der Waals surface area contributed by atoms with E-state index < -0.39 is 0 Å². The highest BCUT2D eigenvalue weighted by Gasteiger charge is 2.18. The van der Waals surface area contributed by atoms with Gasteiger partial charge in [0.05, 0.1) is 29.0 Å². The number of nitrogens with one attached hydrogen (secondary N) is 1. The minimum atomic E-state index is 0.230. The second-order valence-electron chi connectivity index (χ2n) is 6.00. The van der Waals surface area contributed by atoms with Gasteiger partial charge in [-0.2, -0.15) is 0 Å². The van der Waals surface area contributed by atoms with Crippen LogP contribution in [-0.4, -0.2) is 29.3 Å². The van der Waals surface area contributed by atoms with Gasteiger partial charge < -0.3 is 19.4 Å². The van der Waals surface area contributed by atoms with Crippen LogP contribution in [0.4, 0.5) is 0 Å². The van der Waals surface area contributed by atoms with Gasteiger partial charge in [0.25, 0.3) is 0 Å². The summed E-state index contributed by atoms with van der Waals surface area (Å²) in [6.07, 6.45) is 4.07. The van der Waals surface area contributed by atoms with Gasteiger partial charge >= 0.3 is 0 Å². The highest BCUT2D eigenvalue weighted by molar-refractivity contribution is 7.80. The third-order valence-electron chi connectivity index (χ3n) is 4.08. The van der Waals surface area contributed by atoms with Crippen LogP contribution in [0.15, 0.2) is 41.0 Å². The normalized spacial score (nSPS) is 16.8. The molecule has 1 saturated heterocycles. The van der Waals surface area contributed by atoms with Crippen LogP contribution >= 0.6 is 35.4 Å². The van der Waals surface area contributed by atoms with E-state index in [1.54, 1.807) is 12.3 Å². The lowest BCUT2D eigenvalue weighted by Gasteiger charge is -2.26. The summed E-state index contributed by atoms with van der Waals surface area (Å²) in [6, 6.07) is 9.42. The summed E-state index contributed by atoms with van der Waals surface area (Å²) in [6.45, 7) is 2.73. The largest absolute Gasteiger partial charge is 0.467 e. The standard InChI is InChI=1S/C18H20Cl2N2O2S/c19-16-6-5-13(9-17(16)20)11-22(12-15-4-2-8-24-15)18(25)21-10-14-3-1-7-23-14/h2,4-6,8-9,14H,1,3,7,10-12H2,(H,21,25). The molecule has 2 aromatic rings. The maximum absolute atomic E-state index is 6.13. The quantitative estimate of drug-likeness (QED) is 0.717.